The Bertz CT molecular complexity index is 3170. The number of aromatic nitrogens is 3. The van der Waals surface area contributed by atoms with Crippen LogP contribution in [0.5, 0.6) is 5.75 Å². The summed E-state index contributed by atoms with van der Waals surface area (Å²) in [6.07, 6.45) is 5.24. The predicted molar refractivity (Wildman–Crippen MR) is 322 cm³/mol. The number of guanidine groups is 1. The number of aromatic amines is 2. The highest BCUT2D eigenvalue weighted by molar-refractivity contribution is 5.99. The molecule has 33 heteroatoms. The van der Waals surface area contributed by atoms with Gasteiger partial charge in [-0.15, -0.1) is 0 Å². The number of carboxylic acid groups (broad SMARTS) is 1. The van der Waals surface area contributed by atoms with Crippen LogP contribution in [0.15, 0.2) is 72.2 Å². The number of imidazole rings is 1. The minimum Gasteiger partial charge on any atom is -0.508 e. The number of H-pyrrole nitrogens is 2. The van der Waals surface area contributed by atoms with E-state index >= 15 is 0 Å². The lowest BCUT2D eigenvalue weighted by Crippen LogP contribution is -2.60. The van der Waals surface area contributed by atoms with Crippen LogP contribution in [0.25, 0.3) is 10.9 Å². The molecule has 0 bridgehead atoms. The van der Waals surface area contributed by atoms with Crippen molar-refractivity contribution in [2.24, 2.45) is 28.1 Å². The standard InChI is InChI=1S/C55H75N17O13.C2H4O2.H2O/c1-29(2)19-38(49(80)67-37(9-5-17-60-55(57)58)54(85)72-18-6-10-43(72)53(84)62-25-44(56)75)66-46(77)26-63-47(78)39(20-30-11-13-33(74)14-12-30)68-52(83)42(27-73)71-50(81)40(21-31-23-61-35-8-4-3-7-34(31)35)69-51(82)41(22-32-24-59-28-64-32)70-48(79)36-15-16-45(76)65-36;1-2(3)4;/h3-4,7-8,11-14,23-24,28-29,36-43,61,73-74H,5-6,9-10,15-22,25-27H2,1-2H3,(H2,56,75)(H,59,64)(H,62,84)(H,63,78)(H,65,76)(H,66,77)(H,67,80)(H,68,83)(H,69,82)(H,70,79)(H,71,81)(H4,57,58,60);1H3,(H,3,4);1H2/t36-,37-,38-,39-,40-,41-,42-,43-;;/m0../s1. The fourth-order valence-corrected chi connectivity index (χ4v) is 9.79. The number of carbonyl (C=O) groups excluding carboxylic acids is 11. The van der Waals surface area contributed by atoms with Crippen LogP contribution in [0.2, 0.25) is 0 Å². The second kappa shape index (κ2) is 35.6. The number of hydrogen-bond donors (Lipinski definition) is 17. The van der Waals surface area contributed by atoms with Crippen LogP contribution in [0.3, 0.4) is 0 Å². The third-order valence-electron chi connectivity index (χ3n) is 14.1. The molecule has 11 amide bonds. The van der Waals surface area contributed by atoms with Gasteiger partial charge < -0.3 is 101 Å². The van der Waals surface area contributed by atoms with Gasteiger partial charge in [0.1, 0.15) is 54.1 Å². The number of aliphatic carboxylic acids is 1. The summed E-state index contributed by atoms with van der Waals surface area (Å²) in [5.74, 6) is -9.70. The van der Waals surface area contributed by atoms with E-state index in [0.29, 0.717) is 34.1 Å². The number of amides is 11. The van der Waals surface area contributed by atoms with Gasteiger partial charge in [0.2, 0.25) is 65.0 Å². The summed E-state index contributed by atoms with van der Waals surface area (Å²) in [7, 11) is 0. The number of benzene rings is 2. The lowest BCUT2D eigenvalue weighted by Gasteiger charge is -2.30. The number of fused-ring (bicyclic) bond motifs is 1. The molecule has 6 rings (SSSR count). The van der Waals surface area contributed by atoms with E-state index in [4.69, 9.17) is 27.1 Å². The van der Waals surface area contributed by atoms with Crippen molar-refractivity contribution < 1.29 is 78.3 Å². The van der Waals surface area contributed by atoms with Crippen molar-refractivity contribution in [1.29, 1.82) is 0 Å². The maximum atomic E-state index is 14.4. The zero-order chi connectivity index (χ0) is 65.3. The number of para-hydroxylation sites is 1. The Morgan fingerprint density at radius 1 is 0.733 bits per heavy atom. The van der Waals surface area contributed by atoms with Crippen molar-refractivity contribution in [3.63, 3.8) is 0 Å². The molecule has 4 aromatic rings. The van der Waals surface area contributed by atoms with E-state index in [-0.39, 0.29) is 99.9 Å². The van der Waals surface area contributed by atoms with Crippen LogP contribution in [-0.2, 0) is 76.8 Å². The van der Waals surface area contributed by atoms with E-state index in [9.17, 15) is 63.0 Å². The Kier molecular flexibility index (Phi) is 28.6. The number of carbonyl (C=O) groups is 12. The number of phenolic OH excluding ortho intramolecular Hbond substituents is 1. The van der Waals surface area contributed by atoms with Gasteiger partial charge in [-0.05, 0) is 73.8 Å². The summed E-state index contributed by atoms with van der Waals surface area (Å²) in [5, 5.41) is 51.9. The Hall–Kier alpha value is -10.2. The van der Waals surface area contributed by atoms with Gasteiger partial charge in [-0.1, -0.05) is 44.2 Å². The summed E-state index contributed by atoms with van der Waals surface area (Å²) in [6.45, 7) is 2.70. The molecule has 2 aliphatic heterocycles. The molecule has 2 saturated heterocycles. The fraction of sp³-hybridized carbons (Fsp3) is 0.474. The van der Waals surface area contributed by atoms with Gasteiger partial charge in [-0.2, -0.15) is 0 Å². The van der Waals surface area contributed by atoms with Crippen LogP contribution >= 0.6 is 0 Å². The molecule has 0 unspecified atom stereocenters. The maximum Gasteiger partial charge on any atom is 0.300 e. The van der Waals surface area contributed by atoms with Crippen molar-refractivity contribution in [2.45, 2.75) is 133 Å². The molecule has 33 nitrogen and oxygen atoms in total. The highest BCUT2D eigenvalue weighted by Crippen LogP contribution is 2.22. The SMILES string of the molecule is CC(=O)O.CC(C)C[C@H](NC(=O)CNC(=O)[C@H](Cc1ccc(O)cc1)NC(=O)[C@H](CO)NC(=O)[C@H](Cc1c[nH]c2ccccc12)NC(=O)[C@H](Cc1cnc[nH]1)NC(=O)[C@@H]1CCC(=O)N1)C(=O)N[C@@H](CCCN=C(N)N)C(=O)N1CCC[C@H]1C(=O)NCC(N)=O.O. The monoisotopic (exact) mass is 1260 g/mol. The lowest BCUT2D eigenvalue weighted by molar-refractivity contribution is -0.142. The Morgan fingerprint density at radius 2 is 1.36 bits per heavy atom. The molecule has 2 fully saturated rings. The van der Waals surface area contributed by atoms with Crippen molar-refractivity contribution in [1.82, 2.24) is 67.7 Å². The van der Waals surface area contributed by atoms with Gasteiger partial charge >= 0.3 is 0 Å². The first-order valence-corrected chi connectivity index (χ1v) is 28.7. The minimum atomic E-state index is -1.76. The number of nitrogens with one attached hydrogen (secondary N) is 11. The van der Waals surface area contributed by atoms with Gasteiger partial charge in [-0.3, -0.25) is 62.5 Å². The van der Waals surface area contributed by atoms with Crippen LogP contribution in [0.4, 0.5) is 0 Å². The second-order valence-corrected chi connectivity index (χ2v) is 21.7. The normalized spacial score (nSPS) is 16.1. The zero-order valence-corrected chi connectivity index (χ0v) is 50.0. The lowest BCUT2D eigenvalue weighted by atomic mass is 10.0. The van der Waals surface area contributed by atoms with Crippen molar-refractivity contribution in [3.05, 3.63) is 84.1 Å². The van der Waals surface area contributed by atoms with Crippen LogP contribution in [-0.4, -0.2) is 199 Å². The van der Waals surface area contributed by atoms with Gasteiger partial charge in [0.15, 0.2) is 5.96 Å². The zero-order valence-electron chi connectivity index (χ0n) is 50.0. The average Bonchev–Trinajstić information content (AvgIpc) is 1.96. The second-order valence-electron chi connectivity index (χ2n) is 21.7. The molecule has 0 radical (unpaired) electrons. The molecule has 0 spiro atoms. The van der Waals surface area contributed by atoms with Gasteiger partial charge in [0.25, 0.3) is 5.97 Å². The van der Waals surface area contributed by atoms with Crippen LogP contribution < -0.4 is 65.1 Å². The molecular weight excluding hydrogens is 1180 g/mol. The van der Waals surface area contributed by atoms with Crippen molar-refractivity contribution in [3.8, 4) is 5.75 Å². The number of rotatable bonds is 31. The first kappa shape index (κ1) is 72.3. The largest absolute Gasteiger partial charge is 0.508 e. The molecule has 22 N–H and O–H groups in total. The number of nitrogens with two attached hydrogens (primary N) is 3. The molecule has 0 saturated carbocycles. The Morgan fingerprint density at radius 3 is 1.97 bits per heavy atom. The average molecular weight is 1260 g/mol. The summed E-state index contributed by atoms with van der Waals surface area (Å²) < 4.78 is 0. The summed E-state index contributed by atoms with van der Waals surface area (Å²) >= 11 is 0. The summed E-state index contributed by atoms with van der Waals surface area (Å²) in [4.78, 5) is 173. The molecule has 2 aromatic heterocycles. The molecule has 4 heterocycles. The number of aliphatic hydroxyl groups excluding tert-OH is 1. The summed E-state index contributed by atoms with van der Waals surface area (Å²) in [6, 6.07) is 2.37. The predicted octanol–water partition coefficient (Wildman–Crippen LogP) is -5.12. The third kappa shape index (κ3) is 23.2. The van der Waals surface area contributed by atoms with Gasteiger partial charge in [-0.25, -0.2) is 4.98 Å². The number of nitrogens with zero attached hydrogens (tertiary/aromatic N) is 3. The number of aromatic hydroxyl groups is 1. The van der Waals surface area contributed by atoms with E-state index in [1.165, 1.54) is 41.7 Å². The van der Waals surface area contributed by atoms with Crippen molar-refractivity contribution in [2.75, 3.05) is 32.8 Å². The minimum absolute atomic E-state index is 0. The number of phenols is 1. The highest BCUT2D eigenvalue weighted by atomic mass is 16.4. The highest BCUT2D eigenvalue weighted by Gasteiger charge is 2.39. The molecule has 0 aliphatic carbocycles. The van der Waals surface area contributed by atoms with E-state index < -0.39 is 133 Å². The van der Waals surface area contributed by atoms with Crippen molar-refractivity contribution >= 4 is 87.8 Å². The van der Waals surface area contributed by atoms with E-state index in [1.807, 2.05) is 0 Å². The molecule has 90 heavy (non-hydrogen) atoms. The summed E-state index contributed by atoms with van der Waals surface area (Å²) in [5.41, 5.74) is 18.3. The number of likely N-dealkylation sites (tertiary alicyclic amines) is 1. The number of aliphatic imine (C=N–C) groups is 1. The van der Waals surface area contributed by atoms with Gasteiger partial charge in [0.05, 0.1) is 26.0 Å². The fourth-order valence-electron chi connectivity index (χ4n) is 9.79. The molecule has 490 valence electrons. The molecular formula is C57H81N17O16. The quantitative estimate of drug-likeness (QED) is 0.0127. The smallest absolute Gasteiger partial charge is 0.300 e. The van der Waals surface area contributed by atoms with E-state index in [0.717, 1.165) is 6.92 Å². The Balaban J connectivity index is 0.00000335. The molecule has 8 atom stereocenters. The Labute approximate surface area is 516 Å². The first-order valence-electron chi connectivity index (χ1n) is 28.7. The molecule has 2 aromatic carbocycles. The van der Waals surface area contributed by atoms with Crippen LogP contribution in [0, 0.1) is 5.92 Å². The maximum absolute atomic E-state index is 14.4. The van der Waals surface area contributed by atoms with Gasteiger partial charge in [0, 0.05) is 74.7 Å². The third-order valence-corrected chi connectivity index (χ3v) is 14.1. The number of aliphatic hydroxyl groups is 1. The topological polar surface area (TPSA) is 543 Å². The molecule has 2 aliphatic rings. The van der Waals surface area contributed by atoms with E-state index in [1.54, 1.807) is 44.3 Å². The number of hydrogen-bond acceptors (Lipinski definition) is 16. The number of primary amides is 1. The first-order chi connectivity index (χ1) is 42.3. The van der Waals surface area contributed by atoms with Crippen LogP contribution in [0.1, 0.15) is 82.5 Å². The number of carboxylic acids is 1. The van der Waals surface area contributed by atoms with E-state index in [2.05, 4.69) is 67.8 Å².